The number of allylic oxidation sites excluding steroid dienone is 1. The summed E-state index contributed by atoms with van der Waals surface area (Å²) in [5.74, 6) is 1.49. The highest BCUT2D eigenvalue weighted by molar-refractivity contribution is 5.99. The van der Waals surface area contributed by atoms with Gasteiger partial charge >= 0.3 is 0 Å². The second-order valence-corrected chi connectivity index (χ2v) is 16.4. The Morgan fingerprint density at radius 3 is 2.33 bits per heavy atom. The number of amides is 2. The van der Waals surface area contributed by atoms with Crippen LogP contribution >= 0.6 is 0 Å². The molecule has 10 nitrogen and oxygen atoms in total. The fourth-order valence-corrected chi connectivity index (χ4v) is 8.58. The summed E-state index contributed by atoms with van der Waals surface area (Å²) in [5, 5.41) is 20.4. The molecule has 6 rings (SSSR count). The highest BCUT2D eigenvalue weighted by Crippen LogP contribution is 2.47. The summed E-state index contributed by atoms with van der Waals surface area (Å²) >= 11 is 0. The van der Waals surface area contributed by atoms with E-state index in [1.807, 2.05) is 64.8 Å². The lowest BCUT2D eigenvalue weighted by molar-refractivity contribution is -0.129. The van der Waals surface area contributed by atoms with E-state index in [2.05, 4.69) is 34.9 Å². The van der Waals surface area contributed by atoms with Gasteiger partial charge in [0.05, 0.1) is 31.4 Å². The van der Waals surface area contributed by atoms with Crippen molar-refractivity contribution in [2.45, 2.75) is 91.1 Å². The number of piperazine rings is 1. The van der Waals surface area contributed by atoms with Gasteiger partial charge in [0.2, 0.25) is 0 Å². The number of aliphatic hydroxyl groups excluding tert-OH is 1. The van der Waals surface area contributed by atoms with Crippen LogP contribution in [0, 0.1) is 16.7 Å². The number of fused-ring (bicyclic) bond motifs is 1. The van der Waals surface area contributed by atoms with Gasteiger partial charge in [0.25, 0.3) is 11.8 Å². The van der Waals surface area contributed by atoms with E-state index in [1.54, 1.807) is 25.2 Å². The van der Waals surface area contributed by atoms with Gasteiger partial charge in [0.1, 0.15) is 29.4 Å². The quantitative estimate of drug-likeness (QED) is 0.218. The number of ether oxygens (including phenoxy) is 2. The van der Waals surface area contributed by atoms with E-state index in [-0.39, 0.29) is 40.3 Å². The lowest BCUT2D eigenvalue weighted by Crippen LogP contribution is -2.56. The second-order valence-electron chi connectivity index (χ2n) is 16.4. The molecule has 1 saturated heterocycles. The number of carbonyl (C=O) groups is 2. The summed E-state index contributed by atoms with van der Waals surface area (Å²) in [6, 6.07) is 12.0. The van der Waals surface area contributed by atoms with Gasteiger partial charge in [-0.1, -0.05) is 44.6 Å². The molecule has 3 aliphatic heterocycles. The van der Waals surface area contributed by atoms with Gasteiger partial charge in [-0.3, -0.25) is 19.4 Å². The first-order valence-electron chi connectivity index (χ1n) is 18.5. The molecule has 1 N–H and O–H groups in total. The second kappa shape index (κ2) is 14.3. The summed E-state index contributed by atoms with van der Waals surface area (Å²) in [7, 11) is 5.34. The molecular weight excluding hydrogens is 654 g/mol. The maximum Gasteiger partial charge on any atom is 0.264 e. The topological polar surface area (TPSA) is 110 Å². The Morgan fingerprint density at radius 2 is 1.73 bits per heavy atom. The van der Waals surface area contributed by atoms with E-state index in [0.29, 0.717) is 32.6 Å². The number of methoxy groups -OCH3 is 2. The van der Waals surface area contributed by atoms with E-state index < -0.39 is 6.23 Å². The van der Waals surface area contributed by atoms with E-state index in [0.717, 1.165) is 70.8 Å². The van der Waals surface area contributed by atoms with Gasteiger partial charge in [-0.15, -0.1) is 0 Å². The molecule has 3 atom stereocenters. The number of hydrogen-bond acceptors (Lipinski definition) is 8. The first kappa shape index (κ1) is 37.6. The smallest absolute Gasteiger partial charge is 0.264 e. The Bertz CT molecular complexity index is 1820. The zero-order chi connectivity index (χ0) is 37.7. The third-order valence-electron chi connectivity index (χ3n) is 11.8. The molecule has 3 heterocycles. The summed E-state index contributed by atoms with van der Waals surface area (Å²) in [6.07, 6.45) is 3.65. The molecular formula is C42H55N5O5. The fourth-order valence-electron chi connectivity index (χ4n) is 8.58. The number of rotatable bonds is 7. The average molecular weight is 710 g/mol. The van der Waals surface area contributed by atoms with Crippen molar-refractivity contribution in [1.82, 2.24) is 19.6 Å². The van der Waals surface area contributed by atoms with Crippen LogP contribution in [0.5, 0.6) is 11.5 Å². The zero-order valence-electron chi connectivity index (χ0n) is 32.4. The van der Waals surface area contributed by atoms with Crippen molar-refractivity contribution >= 4 is 11.8 Å². The van der Waals surface area contributed by atoms with Gasteiger partial charge < -0.3 is 24.4 Å². The Balaban J connectivity index is 1.19. The van der Waals surface area contributed by atoms with Crippen molar-refractivity contribution in [2.24, 2.45) is 5.41 Å². The normalized spacial score (nSPS) is 23.7. The summed E-state index contributed by atoms with van der Waals surface area (Å²) < 4.78 is 12.0. The molecule has 1 aliphatic carbocycles. The van der Waals surface area contributed by atoms with Crippen LogP contribution < -0.4 is 9.47 Å². The minimum atomic E-state index is -0.573. The Morgan fingerprint density at radius 1 is 1.06 bits per heavy atom. The van der Waals surface area contributed by atoms with Crippen LogP contribution in [0.2, 0.25) is 0 Å². The molecule has 1 saturated carbocycles. The molecule has 0 radical (unpaired) electrons. The largest absolute Gasteiger partial charge is 0.496 e. The Hall–Kier alpha value is -4.17. The van der Waals surface area contributed by atoms with E-state index in [4.69, 9.17) is 9.47 Å². The predicted octanol–water partition coefficient (Wildman–Crippen LogP) is 5.82. The van der Waals surface area contributed by atoms with E-state index >= 15 is 0 Å². The van der Waals surface area contributed by atoms with Gasteiger partial charge in [0.15, 0.2) is 0 Å². The van der Waals surface area contributed by atoms with Crippen molar-refractivity contribution < 1.29 is 24.2 Å². The van der Waals surface area contributed by atoms with Crippen molar-refractivity contribution in [3.05, 3.63) is 80.9 Å². The van der Waals surface area contributed by atoms with Crippen LogP contribution in [0.3, 0.4) is 0 Å². The molecule has 0 aromatic heterocycles. The van der Waals surface area contributed by atoms with Gasteiger partial charge in [-0.25, -0.2) is 0 Å². The first-order valence-corrected chi connectivity index (χ1v) is 18.5. The van der Waals surface area contributed by atoms with Gasteiger partial charge in [0, 0.05) is 50.7 Å². The highest BCUT2D eigenvalue weighted by atomic mass is 16.5. The van der Waals surface area contributed by atoms with Crippen LogP contribution in [-0.4, -0.2) is 102 Å². The first-order chi connectivity index (χ1) is 24.6. The molecule has 10 heteroatoms. The third-order valence-corrected chi connectivity index (χ3v) is 11.8. The summed E-state index contributed by atoms with van der Waals surface area (Å²) in [5.41, 5.74) is 6.59. The number of likely N-dealkylation sites (N-methyl/N-ethyl adjacent to an activating group) is 1. The van der Waals surface area contributed by atoms with Crippen molar-refractivity contribution in [2.75, 3.05) is 54.0 Å². The summed E-state index contributed by atoms with van der Waals surface area (Å²) in [6.45, 7) is 15.9. The van der Waals surface area contributed by atoms with E-state index in [1.165, 1.54) is 5.57 Å². The third kappa shape index (κ3) is 6.99. The monoisotopic (exact) mass is 709 g/mol. The minimum Gasteiger partial charge on any atom is -0.496 e. The fraction of sp³-hybridized carbons (Fsp3) is 0.548. The minimum absolute atomic E-state index is 0.0621. The lowest BCUT2D eigenvalue weighted by atomic mass is 9.84. The highest BCUT2D eigenvalue weighted by Gasteiger charge is 2.53. The molecule has 52 heavy (non-hydrogen) atoms. The zero-order valence-corrected chi connectivity index (χ0v) is 32.4. The average Bonchev–Trinajstić information content (AvgIpc) is 3.89. The lowest BCUT2D eigenvalue weighted by Gasteiger charge is -2.43. The standard InChI is InChI=1S/C42H55N5O5/c1-26-27(2)38(48)44(7)23-34(26)29-19-36(51-8)35(37(20-29)52-9)24-45-17-18-47(42(25-45)14-15-42)40(50)33-12-10-11-31-28(3)46(16-13-32(31)33)39(49)30(22-43)21-41(4,5)6/h10-12,19-21,28,34,38,48H,13-18,23-25H2,1-9H3/b30-21+. The number of nitriles is 1. The van der Waals surface area contributed by atoms with Crippen molar-refractivity contribution in [3.63, 3.8) is 0 Å². The molecule has 2 fully saturated rings. The molecule has 2 aromatic rings. The number of benzene rings is 2. The summed E-state index contributed by atoms with van der Waals surface area (Å²) in [4.78, 5) is 36.2. The van der Waals surface area contributed by atoms with Crippen LogP contribution in [0.15, 0.2) is 53.1 Å². The number of nitrogens with zero attached hydrogens (tertiary/aromatic N) is 5. The van der Waals surface area contributed by atoms with Crippen LogP contribution in [0.4, 0.5) is 0 Å². The molecule has 3 unspecified atom stereocenters. The Kier molecular flexibility index (Phi) is 10.4. The van der Waals surface area contributed by atoms with Crippen LogP contribution in [0.25, 0.3) is 0 Å². The molecule has 2 aromatic carbocycles. The molecule has 4 aliphatic rings. The predicted molar refractivity (Wildman–Crippen MR) is 201 cm³/mol. The Labute approximate surface area is 309 Å². The number of aliphatic hydroxyl groups is 1. The molecule has 0 bridgehead atoms. The molecule has 278 valence electrons. The van der Waals surface area contributed by atoms with Gasteiger partial charge in [-0.05, 0) is 93.0 Å². The van der Waals surface area contributed by atoms with Crippen LogP contribution in [-0.2, 0) is 17.8 Å². The number of hydrogen-bond donors (Lipinski definition) is 1. The molecule has 1 spiro atoms. The molecule has 2 amide bonds. The van der Waals surface area contributed by atoms with Crippen molar-refractivity contribution in [1.29, 1.82) is 5.26 Å². The van der Waals surface area contributed by atoms with E-state index in [9.17, 15) is 20.0 Å². The maximum atomic E-state index is 14.4. The maximum absolute atomic E-state index is 14.4. The van der Waals surface area contributed by atoms with Crippen LogP contribution in [0.1, 0.15) is 99.0 Å². The number of carbonyl (C=O) groups excluding carboxylic acids is 2. The van der Waals surface area contributed by atoms with Crippen molar-refractivity contribution in [3.8, 4) is 17.6 Å². The SMILES string of the molecule is COc1cc(C2CN(C)C(O)C(C)=C2C)cc(OC)c1CN1CCN(C(=O)c2cccc3c2CCN(C(=O)/C(C#N)=C/C(C)(C)C)C3C)C2(CC2)C1. The van der Waals surface area contributed by atoms with Gasteiger partial charge in [-0.2, -0.15) is 5.26 Å².